The van der Waals surface area contributed by atoms with Crippen molar-refractivity contribution in [2.24, 2.45) is 0 Å². The van der Waals surface area contributed by atoms with Crippen molar-refractivity contribution in [3.8, 4) is 0 Å². The van der Waals surface area contributed by atoms with Gasteiger partial charge in [0.2, 0.25) is 0 Å². The molecule has 0 aromatic carbocycles. The summed E-state index contributed by atoms with van der Waals surface area (Å²) < 4.78 is 68.2. The number of hydrogen-bond donors (Lipinski definition) is 0. The third-order valence-corrected chi connectivity index (χ3v) is 0. The first-order chi connectivity index (χ1) is 4.00. The molecule has 12 heavy (non-hydrogen) atoms. The van der Waals surface area contributed by atoms with Crippen LogP contribution in [0.1, 0.15) is 0 Å². The second-order valence-electron chi connectivity index (χ2n) is 0.816. The first kappa shape index (κ1) is 23.0. The Morgan fingerprint density at radius 1 is 0.667 bits per heavy atom. The van der Waals surface area contributed by atoms with Crippen LogP contribution in [0.5, 0.6) is 0 Å². The summed E-state index contributed by atoms with van der Waals surface area (Å²) in [5.74, 6) is 0. The van der Waals surface area contributed by atoms with Gasteiger partial charge in [0.25, 0.3) is 0 Å². The van der Waals surface area contributed by atoms with Crippen molar-refractivity contribution in [3.05, 3.63) is 0 Å². The molecule has 12 heteroatoms. The van der Waals surface area contributed by atoms with Gasteiger partial charge in [0, 0.05) is 20.8 Å². The topological polar surface area (TPSA) is 161 Å². The van der Waals surface area contributed by atoms with Crippen LogP contribution in [0.25, 0.3) is 0 Å². The first-order valence-electron chi connectivity index (χ1n) is 1.33. The van der Waals surface area contributed by atoms with Crippen molar-refractivity contribution >= 4 is 38.2 Å². The molecule has 8 nitrogen and oxygen atoms in total. The molecular formula is AlMnO8S2+. The van der Waals surface area contributed by atoms with Gasteiger partial charge in [-0.05, 0) is 0 Å². The SMILES string of the molecule is O=S(=O)([O-])[O-].O=S(=O)([O-])[O-].[Al+3].[Mn+2]. The van der Waals surface area contributed by atoms with Crippen LogP contribution in [0.3, 0.4) is 0 Å². The molecule has 0 rings (SSSR count). The average Bonchev–Trinajstić information content (AvgIpc) is 1.12. The normalized spacial score (nSPS) is 9.67. The largest absolute Gasteiger partial charge is 3.00 e. The van der Waals surface area contributed by atoms with Crippen molar-refractivity contribution in [1.29, 1.82) is 0 Å². The van der Waals surface area contributed by atoms with Gasteiger partial charge in [-0.2, -0.15) is 0 Å². The molecule has 0 spiro atoms. The summed E-state index contributed by atoms with van der Waals surface area (Å²) in [6, 6.07) is 0. The van der Waals surface area contributed by atoms with Crippen molar-refractivity contribution < 1.29 is 52.1 Å². The maximum absolute atomic E-state index is 8.52. The van der Waals surface area contributed by atoms with E-state index in [1.165, 1.54) is 0 Å². The van der Waals surface area contributed by atoms with Crippen molar-refractivity contribution in [2.75, 3.05) is 0 Å². The summed E-state index contributed by atoms with van der Waals surface area (Å²) >= 11 is 0. The van der Waals surface area contributed by atoms with E-state index in [9.17, 15) is 0 Å². The second-order valence-corrected chi connectivity index (χ2v) is 2.45. The van der Waals surface area contributed by atoms with E-state index < -0.39 is 20.8 Å². The van der Waals surface area contributed by atoms with Crippen molar-refractivity contribution in [3.63, 3.8) is 0 Å². The smallest absolute Gasteiger partial charge is 0.759 e. The van der Waals surface area contributed by atoms with Gasteiger partial charge in [-0.1, -0.05) is 0 Å². The van der Waals surface area contributed by atoms with Crippen LogP contribution in [0, 0.1) is 0 Å². The van der Waals surface area contributed by atoms with Crippen molar-refractivity contribution in [1.82, 2.24) is 0 Å². The Hall–Kier alpha value is 0.792. The van der Waals surface area contributed by atoms with Crippen LogP contribution in [-0.4, -0.2) is 52.4 Å². The number of rotatable bonds is 0. The Balaban J connectivity index is -0.0000000457. The van der Waals surface area contributed by atoms with Gasteiger partial charge in [-0.15, -0.1) is 0 Å². The zero-order chi connectivity index (χ0) is 9.00. The molecule has 69 valence electrons. The van der Waals surface area contributed by atoms with Crippen LogP contribution in [0.4, 0.5) is 0 Å². The van der Waals surface area contributed by atoms with Gasteiger partial charge in [0.1, 0.15) is 0 Å². The molecule has 0 saturated carbocycles. The van der Waals surface area contributed by atoms with Crippen molar-refractivity contribution in [2.45, 2.75) is 0 Å². The van der Waals surface area contributed by atoms with E-state index >= 15 is 0 Å². The van der Waals surface area contributed by atoms with E-state index in [2.05, 4.69) is 0 Å². The summed E-state index contributed by atoms with van der Waals surface area (Å²) in [6.45, 7) is 0. The van der Waals surface area contributed by atoms with Crippen LogP contribution >= 0.6 is 0 Å². The third-order valence-electron chi connectivity index (χ3n) is 0. The van der Waals surface area contributed by atoms with Gasteiger partial charge >= 0.3 is 34.4 Å². The Kier molecular flexibility index (Phi) is 16.1. The molecule has 0 saturated heterocycles. The van der Waals surface area contributed by atoms with Gasteiger partial charge in [0.05, 0.1) is 0 Å². The molecule has 0 aliphatic carbocycles. The molecule has 0 aromatic heterocycles. The Morgan fingerprint density at radius 3 is 0.667 bits per heavy atom. The second kappa shape index (κ2) is 8.39. The minimum atomic E-state index is -5.17. The summed E-state index contributed by atoms with van der Waals surface area (Å²) in [6.07, 6.45) is 0. The van der Waals surface area contributed by atoms with Gasteiger partial charge in [-0.3, -0.25) is 16.8 Å². The maximum atomic E-state index is 8.52. The fourth-order valence-electron chi connectivity index (χ4n) is 0. The summed E-state index contributed by atoms with van der Waals surface area (Å²) in [5.41, 5.74) is 0. The molecule has 0 amide bonds. The van der Waals surface area contributed by atoms with Crippen LogP contribution < -0.4 is 0 Å². The van der Waals surface area contributed by atoms with Crippen LogP contribution in [0.2, 0.25) is 0 Å². The molecule has 0 bridgehead atoms. The fourth-order valence-corrected chi connectivity index (χ4v) is 0. The molecular weight excluding hydrogens is 274 g/mol. The quantitative estimate of drug-likeness (QED) is 0.255. The molecule has 0 fully saturated rings. The summed E-state index contributed by atoms with van der Waals surface area (Å²) in [5, 5.41) is 0. The minimum absolute atomic E-state index is 0. The average molecular weight is 274 g/mol. The zero-order valence-electron chi connectivity index (χ0n) is 5.04. The van der Waals surface area contributed by atoms with Crippen LogP contribution in [-0.2, 0) is 37.9 Å². The van der Waals surface area contributed by atoms with E-state index in [1.807, 2.05) is 0 Å². The van der Waals surface area contributed by atoms with E-state index in [-0.39, 0.29) is 34.4 Å². The molecule has 0 aliphatic rings. The summed E-state index contributed by atoms with van der Waals surface area (Å²) in [4.78, 5) is 0. The Morgan fingerprint density at radius 2 is 0.667 bits per heavy atom. The Labute approximate surface area is 90.1 Å². The fraction of sp³-hybridized carbons (Fsp3) is 0. The van der Waals surface area contributed by atoms with Gasteiger partial charge < -0.3 is 18.2 Å². The zero-order valence-corrected chi connectivity index (χ0v) is 9.01. The molecule has 1 radical (unpaired) electrons. The predicted octanol–water partition coefficient (Wildman–Crippen LogP) is -3.06. The van der Waals surface area contributed by atoms with E-state index in [1.54, 1.807) is 0 Å². The van der Waals surface area contributed by atoms with Crippen LogP contribution in [0.15, 0.2) is 0 Å². The predicted molar refractivity (Wildman–Crippen MR) is 26.7 cm³/mol. The monoisotopic (exact) mass is 274 g/mol. The molecule has 0 aliphatic heterocycles. The third kappa shape index (κ3) is 1650. The maximum Gasteiger partial charge on any atom is 3.00 e. The van der Waals surface area contributed by atoms with Gasteiger partial charge in [-0.25, -0.2) is 0 Å². The standard InChI is InChI=1S/Al.Mn.2H2O4S/c;;2*1-5(2,3)4/h;;2*(H2,1,2,3,4)/q+3;+2;;/p-4. The van der Waals surface area contributed by atoms with E-state index in [0.717, 1.165) is 0 Å². The number of hydrogen-bond acceptors (Lipinski definition) is 8. The Bertz CT molecular complexity index is 213. The van der Waals surface area contributed by atoms with E-state index in [4.69, 9.17) is 35.0 Å². The van der Waals surface area contributed by atoms with Gasteiger partial charge in [0.15, 0.2) is 0 Å². The first-order valence-corrected chi connectivity index (χ1v) is 4.00. The molecule has 0 aromatic rings. The molecule has 0 heterocycles. The summed E-state index contributed by atoms with van der Waals surface area (Å²) in [7, 11) is -10.3. The molecule has 0 N–H and O–H groups in total. The van der Waals surface area contributed by atoms with E-state index in [0.29, 0.717) is 0 Å². The molecule has 0 atom stereocenters. The molecule has 0 unspecified atom stereocenters. The minimum Gasteiger partial charge on any atom is -0.759 e.